The van der Waals surface area contributed by atoms with Gasteiger partial charge in [-0.2, -0.15) is 0 Å². The minimum absolute atomic E-state index is 0.294. The molecule has 0 heterocycles. The van der Waals surface area contributed by atoms with Gasteiger partial charge in [-0.25, -0.2) is 9.18 Å². The first-order valence-electron chi connectivity index (χ1n) is 4.95. The van der Waals surface area contributed by atoms with Crippen molar-refractivity contribution in [3.63, 3.8) is 0 Å². The molecule has 0 spiro atoms. The molecule has 0 radical (unpaired) electrons. The maximum Gasteiger partial charge on any atom is 0.331 e. The molecule has 0 unspecified atom stereocenters. The summed E-state index contributed by atoms with van der Waals surface area (Å²) in [5.41, 5.74) is 6.80. The zero-order chi connectivity index (χ0) is 12.1. The minimum Gasteiger partial charge on any atom is -0.463 e. The number of esters is 1. The zero-order valence-corrected chi connectivity index (χ0v) is 9.29. The lowest BCUT2D eigenvalue weighted by Gasteiger charge is -2.04. The molecule has 0 atom stereocenters. The third kappa shape index (κ3) is 3.08. The topological polar surface area (TPSA) is 52.3 Å². The van der Waals surface area contributed by atoms with Gasteiger partial charge in [0.25, 0.3) is 0 Å². The normalized spacial score (nSPS) is 11.3. The molecule has 4 heteroatoms. The first-order chi connectivity index (χ1) is 7.54. The van der Waals surface area contributed by atoms with Gasteiger partial charge in [-0.1, -0.05) is 0 Å². The van der Waals surface area contributed by atoms with Gasteiger partial charge in [0.15, 0.2) is 0 Å². The van der Waals surface area contributed by atoms with Crippen LogP contribution in [0.4, 0.5) is 10.1 Å². The van der Waals surface area contributed by atoms with Gasteiger partial charge in [0.2, 0.25) is 0 Å². The summed E-state index contributed by atoms with van der Waals surface area (Å²) in [6.45, 7) is 3.64. The van der Waals surface area contributed by atoms with Gasteiger partial charge < -0.3 is 10.5 Å². The number of hydrogen-bond donors (Lipinski definition) is 1. The Morgan fingerprint density at radius 2 is 2.25 bits per heavy atom. The van der Waals surface area contributed by atoms with E-state index in [-0.39, 0.29) is 0 Å². The van der Waals surface area contributed by atoms with Crippen LogP contribution in [0.5, 0.6) is 0 Å². The second kappa shape index (κ2) is 5.30. The van der Waals surface area contributed by atoms with Crippen LogP contribution in [0.3, 0.4) is 0 Å². The molecule has 86 valence electrons. The number of ether oxygens (including phenoxy) is 1. The number of carbonyl (C=O) groups excluding carboxylic acids is 1. The molecular weight excluding hydrogens is 209 g/mol. The summed E-state index contributed by atoms with van der Waals surface area (Å²) < 4.78 is 18.1. The summed E-state index contributed by atoms with van der Waals surface area (Å²) >= 11 is 0. The van der Waals surface area contributed by atoms with Crippen molar-refractivity contribution in [3.05, 3.63) is 35.7 Å². The quantitative estimate of drug-likeness (QED) is 0.486. The van der Waals surface area contributed by atoms with Crippen LogP contribution in [0, 0.1) is 5.82 Å². The lowest BCUT2D eigenvalue weighted by Crippen LogP contribution is -2.01. The maximum absolute atomic E-state index is 13.4. The van der Waals surface area contributed by atoms with Gasteiger partial charge in [0.05, 0.1) is 6.61 Å². The Hall–Kier alpha value is -1.84. The highest BCUT2D eigenvalue weighted by molar-refractivity contribution is 5.91. The highest BCUT2D eigenvalue weighted by Gasteiger charge is 2.06. The van der Waals surface area contributed by atoms with Crippen LogP contribution >= 0.6 is 0 Å². The molecule has 0 saturated heterocycles. The minimum atomic E-state index is -0.484. The second-order valence-electron chi connectivity index (χ2n) is 3.32. The number of halogens is 1. The molecule has 0 bridgehead atoms. The fraction of sp³-hybridized carbons (Fsp3) is 0.250. The van der Waals surface area contributed by atoms with E-state index in [2.05, 4.69) is 0 Å². The highest BCUT2D eigenvalue weighted by atomic mass is 19.1. The molecule has 0 aliphatic carbocycles. The Morgan fingerprint density at radius 3 is 2.88 bits per heavy atom. The highest BCUT2D eigenvalue weighted by Crippen LogP contribution is 2.20. The standard InChI is InChI=1S/C12H14FNO2/c1-3-16-12(15)6-8(2)10-7-9(14)4-5-11(10)13/h4-7H,3,14H2,1-2H3/b8-6+. The number of carbonyl (C=O) groups is 1. The van der Waals surface area contributed by atoms with Crippen molar-refractivity contribution in [2.24, 2.45) is 0 Å². The molecule has 1 aromatic rings. The second-order valence-corrected chi connectivity index (χ2v) is 3.32. The number of anilines is 1. The van der Waals surface area contributed by atoms with Crippen molar-refractivity contribution in [3.8, 4) is 0 Å². The maximum atomic E-state index is 13.4. The Labute approximate surface area is 93.7 Å². The average molecular weight is 223 g/mol. The number of rotatable bonds is 3. The smallest absolute Gasteiger partial charge is 0.331 e. The molecule has 0 amide bonds. The number of nitrogens with two attached hydrogens (primary N) is 1. The molecule has 16 heavy (non-hydrogen) atoms. The lowest BCUT2D eigenvalue weighted by molar-refractivity contribution is -0.137. The number of hydrogen-bond acceptors (Lipinski definition) is 3. The monoisotopic (exact) mass is 223 g/mol. The molecule has 1 rings (SSSR count). The van der Waals surface area contributed by atoms with Crippen LogP contribution in [-0.4, -0.2) is 12.6 Å². The zero-order valence-electron chi connectivity index (χ0n) is 9.29. The van der Waals surface area contributed by atoms with Crippen molar-refractivity contribution in [1.82, 2.24) is 0 Å². The summed E-state index contributed by atoms with van der Waals surface area (Å²) in [5.74, 6) is -0.894. The number of allylic oxidation sites excluding steroid dienone is 1. The van der Waals surface area contributed by atoms with Crippen LogP contribution < -0.4 is 5.73 Å². The van der Waals surface area contributed by atoms with Gasteiger partial charge in [-0.15, -0.1) is 0 Å². The molecule has 0 saturated carbocycles. The number of benzene rings is 1. The van der Waals surface area contributed by atoms with E-state index in [9.17, 15) is 9.18 Å². The van der Waals surface area contributed by atoms with Crippen molar-refractivity contribution < 1.29 is 13.9 Å². The summed E-state index contributed by atoms with van der Waals surface area (Å²) in [5, 5.41) is 0. The molecule has 0 aliphatic rings. The fourth-order valence-electron chi connectivity index (χ4n) is 1.28. The first-order valence-corrected chi connectivity index (χ1v) is 4.95. The first kappa shape index (κ1) is 12.2. The summed E-state index contributed by atoms with van der Waals surface area (Å²) in [6, 6.07) is 4.23. The molecule has 0 fully saturated rings. The van der Waals surface area contributed by atoms with E-state index in [1.807, 2.05) is 0 Å². The predicted octanol–water partition coefficient (Wildman–Crippen LogP) is 2.37. The van der Waals surface area contributed by atoms with E-state index in [1.165, 1.54) is 24.3 Å². The van der Waals surface area contributed by atoms with Crippen molar-refractivity contribution >= 4 is 17.2 Å². The van der Waals surface area contributed by atoms with E-state index >= 15 is 0 Å². The Bertz CT molecular complexity index is 427. The summed E-state index contributed by atoms with van der Waals surface area (Å²) in [4.78, 5) is 11.2. The van der Waals surface area contributed by atoms with E-state index in [0.717, 1.165) is 0 Å². The van der Waals surface area contributed by atoms with E-state index in [4.69, 9.17) is 10.5 Å². The van der Waals surface area contributed by atoms with Gasteiger partial charge in [0.1, 0.15) is 5.82 Å². The lowest BCUT2D eigenvalue weighted by atomic mass is 10.1. The Balaban J connectivity index is 2.99. The third-order valence-electron chi connectivity index (χ3n) is 2.04. The Kier molecular flexibility index (Phi) is 4.05. The molecule has 1 aromatic carbocycles. The van der Waals surface area contributed by atoms with Gasteiger partial charge >= 0.3 is 5.97 Å². The Morgan fingerprint density at radius 1 is 1.56 bits per heavy atom. The average Bonchev–Trinajstić information content (AvgIpc) is 2.21. The molecule has 0 aliphatic heterocycles. The largest absolute Gasteiger partial charge is 0.463 e. The van der Waals surface area contributed by atoms with E-state index in [0.29, 0.717) is 23.4 Å². The van der Waals surface area contributed by atoms with E-state index < -0.39 is 11.8 Å². The van der Waals surface area contributed by atoms with Crippen molar-refractivity contribution in [2.45, 2.75) is 13.8 Å². The van der Waals surface area contributed by atoms with Gasteiger partial charge in [-0.3, -0.25) is 0 Å². The van der Waals surface area contributed by atoms with Crippen LogP contribution in [0.1, 0.15) is 19.4 Å². The van der Waals surface area contributed by atoms with Gasteiger partial charge in [-0.05, 0) is 37.6 Å². The van der Waals surface area contributed by atoms with E-state index in [1.54, 1.807) is 13.8 Å². The van der Waals surface area contributed by atoms with Crippen LogP contribution in [0.15, 0.2) is 24.3 Å². The number of nitrogen functional groups attached to an aromatic ring is 1. The fourth-order valence-corrected chi connectivity index (χ4v) is 1.28. The van der Waals surface area contributed by atoms with Gasteiger partial charge in [0, 0.05) is 17.3 Å². The molecule has 3 nitrogen and oxygen atoms in total. The van der Waals surface area contributed by atoms with Crippen LogP contribution in [0.25, 0.3) is 5.57 Å². The van der Waals surface area contributed by atoms with Crippen molar-refractivity contribution in [1.29, 1.82) is 0 Å². The molecular formula is C12H14FNO2. The summed E-state index contributed by atoms with van der Waals surface area (Å²) in [6.07, 6.45) is 1.25. The van der Waals surface area contributed by atoms with Crippen LogP contribution in [0.2, 0.25) is 0 Å². The third-order valence-corrected chi connectivity index (χ3v) is 2.04. The predicted molar refractivity (Wildman–Crippen MR) is 61.1 cm³/mol. The van der Waals surface area contributed by atoms with Crippen molar-refractivity contribution in [2.75, 3.05) is 12.3 Å². The molecule has 0 aromatic heterocycles. The van der Waals surface area contributed by atoms with Crippen LogP contribution in [-0.2, 0) is 9.53 Å². The summed E-state index contributed by atoms with van der Waals surface area (Å²) in [7, 11) is 0. The molecule has 2 N–H and O–H groups in total. The SMILES string of the molecule is CCOC(=O)/C=C(\C)c1cc(N)ccc1F.